The summed E-state index contributed by atoms with van der Waals surface area (Å²) in [6.07, 6.45) is 0. The van der Waals surface area contributed by atoms with Gasteiger partial charge < -0.3 is 59.5 Å². The molecule has 0 bridgehead atoms. The third kappa shape index (κ3) is 9.33. The second kappa shape index (κ2) is 20.4. The van der Waals surface area contributed by atoms with E-state index in [2.05, 4.69) is 15.0 Å². The van der Waals surface area contributed by atoms with Gasteiger partial charge in [-0.2, -0.15) is 0 Å². The van der Waals surface area contributed by atoms with Crippen LogP contribution >= 0.6 is 0 Å². The van der Waals surface area contributed by atoms with Crippen molar-refractivity contribution in [3.05, 3.63) is 18.2 Å². The number of carbonyl (C=O) groups is 6. The Morgan fingerprint density at radius 3 is 0.899 bits per heavy atom. The normalized spacial score (nSPS) is 31.4. The van der Waals surface area contributed by atoms with Gasteiger partial charge in [-0.25, -0.2) is 39.6 Å². The Kier molecular flexibility index (Phi) is 17.8. The Balaban J connectivity index is 0.00000346. The molecule has 33 heteroatoms. The van der Waals surface area contributed by atoms with Gasteiger partial charge in [-0.15, -0.1) is 0 Å². The van der Waals surface area contributed by atoms with Crippen LogP contribution in [0.1, 0.15) is 41.5 Å². The Morgan fingerprint density at radius 2 is 0.710 bits per heavy atom. The zero-order valence-electron chi connectivity index (χ0n) is 38.1. The number of carbonyl (C=O) groups excluding carboxylic acids is 3. The third-order valence-corrected chi connectivity index (χ3v) is 21.0. The predicted octanol–water partition coefficient (Wildman–Crippen LogP) is -15.3. The number of benzene rings is 1. The van der Waals surface area contributed by atoms with E-state index in [0.717, 1.165) is 59.7 Å². The molecule has 69 heavy (non-hydrogen) atoms. The fourth-order valence-electron chi connectivity index (χ4n) is 9.01. The average Bonchev–Trinajstić information content (AvgIpc) is 3.54. The molecule has 1 aromatic carbocycles. The number of carboxylic acid groups (broad SMARTS) is 3. The molecular weight excluding hydrogens is 1070 g/mol. The number of hydrogen-bond donors (Lipinski definition) is 3. The maximum absolute atomic E-state index is 13.2. The molecule has 6 heterocycles. The van der Waals surface area contributed by atoms with Crippen molar-refractivity contribution < 1.29 is 253 Å². The summed E-state index contributed by atoms with van der Waals surface area (Å²) in [4.78, 5) is 87.0. The van der Waals surface area contributed by atoms with Crippen LogP contribution in [-0.2, 0) is 58.3 Å². The summed E-state index contributed by atoms with van der Waals surface area (Å²) in [5, 5.41) is 62.5. The largest absolute Gasteiger partial charge is 1.00 e. The zero-order chi connectivity index (χ0) is 49.3. The number of hydrogen-bond acceptors (Lipinski definition) is 21. The van der Waals surface area contributed by atoms with Crippen molar-refractivity contribution in [2.24, 2.45) is 15.0 Å². The number of aliphatic imine (C=N–C) groups is 3. The van der Waals surface area contributed by atoms with Gasteiger partial charge in [-0.1, -0.05) is 0 Å². The van der Waals surface area contributed by atoms with Crippen LogP contribution < -0.4 is 184 Å². The van der Waals surface area contributed by atoms with Crippen LogP contribution in [0.2, 0.25) is 0 Å². The topological polar surface area (TPSA) is 409 Å². The minimum absolute atomic E-state index is 0. The molecule has 360 valence electrons. The van der Waals surface area contributed by atoms with Gasteiger partial charge in [0.25, 0.3) is 17.7 Å². The molecule has 0 spiro atoms. The number of fused-ring (bicyclic) bond motifs is 3. The van der Waals surface area contributed by atoms with E-state index in [1.807, 2.05) is 0 Å². The van der Waals surface area contributed by atoms with Crippen molar-refractivity contribution in [2.75, 3.05) is 19.8 Å². The van der Waals surface area contributed by atoms with E-state index < -0.39 is 169 Å². The van der Waals surface area contributed by atoms with Crippen LogP contribution in [0.5, 0.6) is 17.2 Å². The standard InChI is InChI=1S/C36H42N6O21S3.3K/c1-34(2)22(31(49)50)40-25(46)19(28(40)64(34,55)56)37-16(43)10-61-13-7-14(62-11-17(44)38-20-26(47)41-23(32(51)52)35(3,4)65(57,58)29(20)41)9-15(8-13)63-12-18(45)39-21-27(48)42-24(33(53)54)36(5,6)66(59,60)30(21)42;;;/h7-9,19-24,28-30H,10-12H2,1-6H3,(H,37,43)(H,38,44)(H,39,45)(H,49,50)(H,51,52)(H,53,54);;;/q;3*+1/p-3/t19-,20-,21-,22-,23-,24-,28-,29-,30-;;;/m1.../s1. The van der Waals surface area contributed by atoms with Crippen molar-refractivity contribution >= 4 is 82.8 Å². The molecular formula is C36H39K3N6O21S3. The van der Waals surface area contributed by atoms with E-state index in [1.165, 1.54) is 0 Å². The van der Waals surface area contributed by atoms with E-state index in [4.69, 9.17) is 14.2 Å². The number of ether oxygens (including phenoxy) is 3. The van der Waals surface area contributed by atoms with Crippen LogP contribution in [-0.4, -0.2) is 195 Å². The Morgan fingerprint density at radius 1 is 0.507 bits per heavy atom. The summed E-state index contributed by atoms with van der Waals surface area (Å²) in [5.74, 6) is -12.6. The minimum atomic E-state index is -4.37. The number of nitrogens with zero attached hydrogens (tertiary/aromatic N) is 6. The van der Waals surface area contributed by atoms with Crippen molar-refractivity contribution in [2.45, 2.75) is 108 Å². The summed E-state index contributed by atoms with van der Waals surface area (Å²) in [6.45, 7) is 3.64. The molecule has 6 saturated heterocycles. The van der Waals surface area contributed by atoms with Gasteiger partial charge in [0.2, 0.25) is 0 Å². The number of amides is 3. The summed E-state index contributed by atoms with van der Waals surface area (Å²) in [5.41, 5.74) is 0. The van der Waals surface area contributed by atoms with Gasteiger partial charge in [0.1, 0.15) is 69.4 Å². The smallest absolute Gasteiger partial charge is 0.860 e. The number of sulfone groups is 3. The first-order chi connectivity index (χ1) is 30.3. The Labute approximate surface area is 520 Å². The molecule has 3 amide bonds. The van der Waals surface area contributed by atoms with Crippen molar-refractivity contribution in [3.8, 4) is 17.2 Å². The second-order valence-electron chi connectivity index (χ2n) is 17.5. The molecule has 0 radical (unpaired) electrons. The summed E-state index contributed by atoms with van der Waals surface area (Å²) < 4.78 is 89.7. The molecule has 6 fully saturated rings. The Bertz CT molecular complexity index is 2530. The molecule has 0 unspecified atom stereocenters. The monoisotopic (exact) mass is 1100 g/mol. The molecule has 0 saturated carbocycles. The van der Waals surface area contributed by atoms with Crippen LogP contribution in [0.4, 0.5) is 0 Å². The maximum atomic E-state index is 13.2. The van der Waals surface area contributed by atoms with Gasteiger partial charge in [0.15, 0.2) is 63.8 Å². The fourth-order valence-corrected chi connectivity index (χ4v) is 15.6. The van der Waals surface area contributed by atoms with Crippen LogP contribution in [0, 0.1) is 0 Å². The van der Waals surface area contributed by atoms with Crippen LogP contribution in [0.25, 0.3) is 0 Å². The van der Waals surface area contributed by atoms with Crippen molar-refractivity contribution in [3.63, 3.8) is 0 Å². The van der Waals surface area contributed by atoms with E-state index in [1.54, 1.807) is 0 Å². The van der Waals surface area contributed by atoms with Gasteiger partial charge in [-0.05, 0) is 59.2 Å². The minimum Gasteiger partial charge on any atom is -0.860 e. The van der Waals surface area contributed by atoms with Crippen LogP contribution in [0.3, 0.4) is 0 Å². The molecule has 27 nitrogen and oxygen atoms in total. The molecule has 1 aromatic rings. The number of aliphatic carboxylic acids is 3. The summed E-state index contributed by atoms with van der Waals surface area (Å²) >= 11 is 0. The summed E-state index contributed by atoms with van der Waals surface area (Å²) in [7, 11) is -13.1. The second-order valence-corrected chi connectivity index (χ2v) is 25.4. The van der Waals surface area contributed by atoms with E-state index in [9.17, 15) is 84.7 Å². The number of carboxylic acids is 3. The van der Waals surface area contributed by atoms with Gasteiger partial charge in [0, 0.05) is 18.2 Å². The quantitative estimate of drug-likeness (QED) is 0.0635. The third-order valence-electron chi connectivity index (χ3n) is 12.6. The SMILES string of the molecule is CC1(C)[C@@H](C(=O)O)N2C(=O)[C@@H](N=C([O-])COc3cc(OCC([O-])=N[C@@H]4C(=O)N5[C@@H]4S(=O)(=O)C(C)(C)[C@H]5C(=O)O)cc(OCC([O-])=N[C@@H]4C(=O)N5[C@@H]4S(=O)(=O)C(C)(C)[C@H]5C(=O)O)c3)[C@H]2S1(=O)=O.[K+].[K+].[K+]. The first kappa shape index (κ1) is 60.2. The van der Waals surface area contributed by atoms with Crippen molar-refractivity contribution in [1.82, 2.24) is 14.7 Å². The molecule has 0 aromatic heterocycles. The first-order valence-electron chi connectivity index (χ1n) is 19.4. The number of rotatable bonds is 15. The fraction of sp³-hybridized carbons (Fsp3) is 0.583. The average molecular weight is 1110 g/mol. The molecule has 6 aliphatic heterocycles. The molecule has 6 aliphatic rings. The maximum Gasteiger partial charge on any atom is 1.00 e. The van der Waals surface area contributed by atoms with Crippen molar-refractivity contribution in [1.29, 1.82) is 0 Å². The first-order valence-corrected chi connectivity index (χ1v) is 24.0. The van der Waals surface area contributed by atoms with E-state index >= 15 is 0 Å². The van der Waals surface area contributed by atoms with Crippen LogP contribution in [0.15, 0.2) is 33.2 Å². The van der Waals surface area contributed by atoms with E-state index in [-0.39, 0.29) is 171 Å². The van der Waals surface area contributed by atoms with Gasteiger partial charge in [0.05, 0.1) is 0 Å². The summed E-state index contributed by atoms with van der Waals surface area (Å²) in [6, 6.07) is -7.61. The molecule has 9 atom stereocenters. The van der Waals surface area contributed by atoms with Gasteiger partial charge in [-0.3, -0.25) is 29.4 Å². The zero-order valence-corrected chi connectivity index (χ0v) is 50.0. The van der Waals surface area contributed by atoms with Gasteiger partial charge >= 0.3 is 172 Å². The molecule has 0 aliphatic carbocycles. The molecule has 7 rings (SSSR count). The Hall–Kier alpha value is -1.39. The molecule has 3 N–H and O–H groups in total. The predicted molar refractivity (Wildman–Crippen MR) is 212 cm³/mol. The van der Waals surface area contributed by atoms with E-state index in [0.29, 0.717) is 14.7 Å². The number of β-lactam (4-membered cyclic amide) rings is 3.